The van der Waals surface area contributed by atoms with Crippen molar-refractivity contribution in [3.05, 3.63) is 41.5 Å². The van der Waals surface area contributed by atoms with Gasteiger partial charge in [0.25, 0.3) is 5.91 Å². The van der Waals surface area contributed by atoms with E-state index in [1.165, 1.54) is 6.33 Å². The van der Waals surface area contributed by atoms with Crippen LogP contribution in [0.2, 0.25) is 0 Å². The molecule has 1 aliphatic heterocycles. The molecule has 2 N–H and O–H groups in total. The molecule has 1 aliphatic carbocycles. The van der Waals surface area contributed by atoms with Gasteiger partial charge in [-0.05, 0) is 38.8 Å². The van der Waals surface area contributed by atoms with Crippen LogP contribution in [0, 0.1) is 6.92 Å². The second kappa shape index (κ2) is 7.81. The molecule has 31 heavy (non-hydrogen) atoms. The summed E-state index contributed by atoms with van der Waals surface area (Å²) in [4.78, 5) is 28.6. The van der Waals surface area contributed by atoms with Crippen molar-refractivity contribution in [3.8, 4) is 0 Å². The molecule has 1 saturated heterocycles. The predicted molar refractivity (Wildman–Crippen MR) is 116 cm³/mol. The summed E-state index contributed by atoms with van der Waals surface area (Å²) in [6.45, 7) is 7.27. The van der Waals surface area contributed by atoms with Crippen LogP contribution in [0.4, 0.5) is 11.6 Å². The number of rotatable bonds is 6. The summed E-state index contributed by atoms with van der Waals surface area (Å²) in [6.07, 6.45) is 3.60. The molecule has 2 aliphatic rings. The van der Waals surface area contributed by atoms with Crippen LogP contribution >= 0.6 is 0 Å². The van der Waals surface area contributed by atoms with Crippen LogP contribution in [0.1, 0.15) is 41.6 Å². The van der Waals surface area contributed by atoms with Gasteiger partial charge in [0, 0.05) is 18.6 Å². The van der Waals surface area contributed by atoms with E-state index in [9.17, 15) is 4.79 Å². The van der Waals surface area contributed by atoms with E-state index in [2.05, 4.69) is 32.4 Å². The molecule has 162 valence electrons. The number of carbonyl (C=O) groups excluding carboxylic acids is 1. The van der Waals surface area contributed by atoms with Gasteiger partial charge in [-0.15, -0.1) is 0 Å². The van der Waals surface area contributed by atoms with Crippen LogP contribution in [0.15, 0.2) is 28.9 Å². The van der Waals surface area contributed by atoms with E-state index in [0.717, 1.165) is 37.4 Å². The van der Waals surface area contributed by atoms with E-state index in [4.69, 9.17) is 14.1 Å². The van der Waals surface area contributed by atoms with Gasteiger partial charge in [-0.2, -0.15) is 0 Å². The van der Waals surface area contributed by atoms with Gasteiger partial charge in [0.15, 0.2) is 0 Å². The number of ether oxygens (including phenoxy) is 1. The lowest BCUT2D eigenvalue weighted by Crippen LogP contribution is -2.37. The van der Waals surface area contributed by atoms with Crippen molar-refractivity contribution in [2.45, 2.75) is 38.8 Å². The number of amides is 1. The molecule has 5 rings (SSSR count). The van der Waals surface area contributed by atoms with Crippen molar-refractivity contribution in [1.82, 2.24) is 20.3 Å². The first-order valence-corrected chi connectivity index (χ1v) is 10.6. The standard InChI is InChI=1S/C22H26N6O3/c1-14-17(18-19(27-22(2)6-7-22)24-13-25-21(18)31-14)20(29)23-12-15-4-3-5-16(26-15)28-8-10-30-11-9-28/h3-5,13H,6-12H2,1-2H3,(H,23,29)(H,24,25,27). The number of pyridine rings is 1. The number of anilines is 2. The summed E-state index contributed by atoms with van der Waals surface area (Å²) in [5.41, 5.74) is 1.69. The number of aryl methyl sites for hydroxylation is 1. The SMILES string of the molecule is Cc1oc2ncnc(NC3(C)CC3)c2c1C(=O)NCc1cccc(N2CCOCC2)n1. The Morgan fingerprint density at radius 1 is 1.23 bits per heavy atom. The topological polar surface area (TPSA) is 105 Å². The quantitative estimate of drug-likeness (QED) is 0.625. The maximum Gasteiger partial charge on any atom is 0.255 e. The summed E-state index contributed by atoms with van der Waals surface area (Å²) in [6, 6.07) is 5.86. The number of fused-ring (bicyclic) bond motifs is 1. The van der Waals surface area contributed by atoms with Gasteiger partial charge in [0.05, 0.1) is 36.4 Å². The first-order chi connectivity index (χ1) is 15.0. The highest BCUT2D eigenvalue weighted by Gasteiger charge is 2.38. The van der Waals surface area contributed by atoms with Crippen LogP contribution in [-0.2, 0) is 11.3 Å². The summed E-state index contributed by atoms with van der Waals surface area (Å²) >= 11 is 0. The molecule has 0 spiro atoms. The Balaban J connectivity index is 1.35. The molecule has 3 aromatic heterocycles. The normalized spacial score (nSPS) is 17.5. The summed E-state index contributed by atoms with van der Waals surface area (Å²) < 4.78 is 11.2. The number of morpholine rings is 1. The number of furan rings is 1. The van der Waals surface area contributed by atoms with Gasteiger partial charge in [0.1, 0.15) is 23.7 Å². The number of nitrogens with one attached hydrogen (secondary N) is 2. The van der Waals surface area contributed by atoms with E-state index < -0.39 is 0 Å². The second-order valence-electron chi connectivity index (χ2n) is 8.39. The van der Waals surface area contributed by atoms with Crippen molar-refractivity contribution in [2.24, 2.45) is 0 Å². The van der Waals surface area contributed by atoms with Gasteiger partial charge >= 0.3 is 0 Å². The van der Waals surface area contributed by atoms with Gasteiger partial charge in [-0.1, -0.05) is 6.07 Å². The Morgan fingerprint density at radius 3 is 2.81 bits per heavy atom. The molecule has 4 heterocycles. The lowest BCUT2D eigenvalue weighted by Gasteiger charge is -2.28. The van der Waals surface area contributed by atoms with Gasteiger partial charge in [-0.25, -0.2) is 15.0 Å². The minimum atomic E-state index is -0.228. The lowest BCUT2D eigenvalue weighted by atomic mass is 10.1. The molecule has 2 fully saturated rings. The van der Waals surface area contributed by atoms with E-state index in [-0.39, 0.29) is 11.4 Å². The Bertz CT molecular complexity index is 1120. The minimum absolute atomic E-state index is 0.0179. The van der Waals surface area contributed by atoms with Crippen molar-refractivity contribution >= 4 is 28.6 Å². The summed E-state index contributed by atoms with van der Waals surface area (Å²) in [5.74, 6) is 1.83. The molecule has 9 nitrogen and oxygen atoms in total. The van der Waals surface area contributed by atoms with Crippen LogP contribution in [0.3, 0.4) is 0 Å². The highest BCUT2D eigenvalue weighted by atomic mass is 16.5. The first kappa shape index (κ1) is 19.7. The Kier molecular flexibility index (Phi) is 4.97. The summed E-state index contributed by atoms with van der Waals surface area (Å²) in [7, 11) is 0. The molecule has 0 bridgehead atoms. The molecular weight excluding hydrogens is 396 g/mol. The third-order valence-corrected chi connectivity index (χ3v) is 5.87. The van der Waals surface area contributed by atoms with Crippen molar-refractivity contribution < 1.29 is 13.9 Å². The van der Waals surface area contributed by atoms with Gasteiger partial charge in [0.2, 0.25) is 5.71 Å². The zero-order chi connectivity index (χ0) is 21.4. The van der Waals surface area contributed by atoms with E-state index >= 15 is 0 Å². The molecule has 0 atom stereocenters. The maximum absolute atomic E-state index is 13.1. The van der Waals surface area contributed by atoms with Crippen LogP contribution < -0.4 is 15.5 Å². The smallest absolute Gasteiger partial charge is 0.255 e. The third kappa shape index (κ3) is 4.05. The summed E-state index contributed by atoms with van der Waals surface area (Å²) in [5, 5.41) is 7.05. The Morgan fingerprint density at radius 2 is 2.03 bits per heavy atom. The molecule has 9 heteroatoms. The number of aromatic nitrogens is 3. The van der Waals surface area contributed by atoms with Crippen molar-refractivity contribution in [1.29, 1.82) is 0 Å². The van der Waals surface area contributed by atoms with Crippen LogP contribution in [-0.4, -0.2) is 52.7 Å². The average Bonchev–Trinajstić information content (AvgIpc) is 3.40. The molecule has 0 unspecified atom stereocenters. The number of hydrogen-bond acceptors (Lipinski definition) is 8. The van der Waals surface area contributed by atoms with Crippen LogP contribution in [0.5, 0.6) is 0 Å². The third-order valence-electron chi connectivity index (χ3n) is 5.87. The molecule has 0 aromatic carbocycles. The molecule has 1 saturated carbocycles. The zero-order valence-electron chi connectivity index (χ0n) is 17.8. The van der Waals surface area contributed by atoms with Crippen LogP contribution in [0.25, 0.3) is 11.1 Å². The highest BCUT2D eigenvalue weighted by Crippen LogP contribution is 2.40. The van der Waals surface area contributed by atoms with Gasteiger partial charge < -0.3 is 24.7 Å². The average molecular weight is 422 g/mol. The monoisotopic (exact) mass is 422 g/mol. The predicted octanol–water partition coefficient (Wildman–Crippen LogP) is 2.66. The lowest BCUT2D eigenvalue weighted by molar-refractivity contribution is 0.0950. The highest BCUT2D eigenvalue weighted by molar-refractivity contribution is 6.10. The number of hydrogen-bond donors (Lipinski definition) is 2. The molecular formula is C22H26N6O3. The molecule has 1 amide bonds. The van der Waals surface area contributed by atoms with Crippen molar-refractivity contribution in [3.63, 3.8) is 0 Å². The van der Waals surface area contributed by atoms with E-state index in [1.54, 1.807) is 6.92 Å². The number of nitrogens with zero attached hydrogens (tertiary/aromatic N) is 4. The molecule has 0 radical (unpaired) electrons. The largest absolute Gasteiger partial charge is 0.442 e. The van der Waals surface area contributed by atoms with E-state index in [1.807, 2.05) is 18.2 Å². The van der Waals surface area contributed by atoms with Crippen molar-refractivity contribution in [2.75, 3.05) is 36.5 Å². The van der Waals surface area contributed by atoms with Gasteiger partial charge in [-0.3, -0.25) is 4.79 Å². The zero-order valence-corrected chi connectivity index (χ0v) is 17.8. The van der Waals surface area contributed by atoms with E-state index in [0.29, 0.717) is 48.0 Å². The Labute approximate surface area is 180 Å². The second-order valence-corrected chi connectivity index (χ2v) is 8.39. The first-order valence-electron chi connectivity index (χ1n) is 10.6. The minimum Gasteiger partial charge on any atom is -0.442 e. The Hall–Kier alpha value is -3.20. The fraction of sp³-hybridized carbons (Fsp3) is 0.455. The fourth-order valence-electron chi connectivity index (χ4n) is 3.80. The molecule has 3 aromatic rings. The fourth-order valence-corrected chi connectivity index (χ4v) is 3.80. The maximum atomic E-state index is 13.1. The number of carbonyl (C=O) groups is 1.